The maximum Gasteiger partial charge on any atom is 0.329 e. The predicted molar refractivity (Wildman–Crippen MR) is 85.9 cm³/mol. The molecule has 3 aromatic rings. The fourth-order valence-corrected chi connectivity index (χ4v) is 2.60. The molecule has 2 heterocycles. The van der Waals surface area contributed by atoms with Gasteiger partial charge in [0.05, 0.1) is 0 Å². The Hall–Kier alpha value is -2.32. The quantitative estimate of drug-likeness (QED) is 0.499. The van der Waals surface area contributed by atoms with Crippen LogP contribution in [0.4, 0.5) is 8.78 Å². The van der Waals surface area contributed by atoms with Crippen molar-refractivity contribution >= 4 is 39.6 Å². The highest BCUT2D eigenvalue weighted by Crippen LogP contribution is 2.36. The molecule has 0 aliphatic heterocycles. The summed E-state index contributed by atoms with van der Waals surface area (Å²) in [5, 5.41) is 8.82. The number of ether oxygens (including phenoxy) is 1. The number of carbonyl (C=O) groups is 1. The molecule has 132 valence electrons. The molecule has 3 rings (SSSR count). The lowest BCUT2D eigenvalue weighted by Gasteiger charge is -2.14. The summed E-state index contributed by atoms with van der Waals surface area (Å²) in [6.45, 7) is -0.632. The first kappa shape index (κ1) is 17.5. The van der Waals surface area contributed by atoms with Crippen molar-refractivity contribution < 1.29 is 27.8 Å². The van der Waals surface area contributed by atoms with Gasteiger partial charge in [-0.1, -0.05) is 23.7 Å². The van der Waals surface area contributed by atoms with E-state index in [-0.39, 0.29) is 29.3 Å². The van der Waals surface area contributed by atoms with E-state index < -0.39 is 30.7 Å². The van der Waals surface area contributed by atoms with Crippen molar-refractivity contribution in [2.45, 2.75) is 18.8 Å². The third kappa shape index (κ3) is 3.69. The number of hydrogen-bond donors (Lipinski definition) is 1. The summed E-state index contributed by atoms with van der Waals surface area (Å²) in [6, 6.07) is 6.88. The Morgan fingerprint density at radius 2 is 2.08 bits per heavy atom. The topological polar surface area (TPSA) is 85.5 Å². The van der Waals surface area contributed by atoms with E-state index in [0.717, 1.165) is 0 Å². The molecule has 0 atom stereocenters. The van der Waals surface area contributed by atoms with Gasteiger partial charge in [-0.05, 0) is 18.6 Å². The summed E-state index contributed by atoms with van der Waals surface area (Å²) >= 11 is 5.99. The predicted octanol–water partition coefficient (Wildman–Crippen LogP) is 4.00. The van der Waals surface area contributed by atoms with E-state index >= 15 is 0 Å². The van der Waals surface area contributed by atoms with E-state index in [1.807, 2.05) is 0 Å². The Labute approximate surface area is 145 Å². The van der Waals surface area contributed by atoms with Crippen LogP contribution in [0, 0.1) is 0 Å². The minimum atomic E-state index is -3.33. The van der Waals surface area contributed by atoms with Crippen molar-refractivity contribution in [2.24, 2.45) is 0 Å². The molecule has 0 unspecified atom stereocenters. The van der Waals surface area contributed by atoms with Crippen molar-refractivity contribution in [3.8, 4) is 0 Å². The number of halogens is 3. The van der Waals surface area contributed by atoms with Crippen LogP contribution in [-0.4, -0.2) is 34.3 Å². The number of furan rings is 1. The van der Waals surface area contributed by atoms with E-state index in [1.54, 1.807) is 24.3 Å². The van der Waals surface area contributed by atoms with Crippen molar-refractivity contribution in [2.75, 3.05) is 13.2 Å². The zero-order valence-corrected chi connectivity index (χ0v) is 13.6. The highest BCUT2D eigenvalue weighted by molar-refractivity contribution is 6.34. The number of aliphatic carboxylic acids is 1. The Bertz CT molecular complexity index is 929. The van der Waals surface area contributed by atoms with Gasteiger partial charge in [-0.15, -0.1) is 0 Å². The first-order valence-corrected chi connectivity index (χ1v) is 7.79. The maximum atomic E-state index is 14.4. The lowest BCUT2D eigenvalue weighted by Crippen LogP contribution is -2.19. The molecule has 0 saturated carbocycles. The number of benzene rings is 1. The summed E-state index contributed by atoms with van der Waals surface area (Å²) < 4.78 is 39.0. The molecule has 0 aliphatic rings. The molecule has 0 saturated heterocycles. The van der Waals surface area contributed by atoms with Crippen LogP contribution < -0.4 is 0 Å². The van der Waals surface area contributed by atoms with Gasteiger partial charge in [-0.25, -0.2) is 14.8 Å². The van der Waals surface area contributed by atoms with Crippen LogP contribution in [-0.2, 0) is 15.5 Å². The van der Waals surface area contributed by atoms with Crippen molar-refractivity contribution in [1.29, 1.82) is 0 Å². The summed E-state index contributed by atoms with van der Waals surface area (Å²) in [5.41, 5.74) is 0.871. The fourth-order valence-electron chi connectivity index (χ4n) is 2.39. The first-order chi connectivity index (χ1) is 11.9. The van der Waals surface area contributed by atoms with Gasteiger partial charge in [0.25, 0.3) is 0 Å². The Morgan fingerprint density at radius 1 is 1.32 bits per heavy atom. The van der Waals surface area contributed by atoms with Crippen LogP contribution in [0.5, 0.6) is 0 Å². The van der Waals surface area contributed by atoms with Crippen LogP contribution >= 0.6 is 11.6 Å². The van der Waals surface area contributed by atoms with Crippen LogP contribution in [0.3, 0.4) is 0 Å². The van der Waals surface area contributed by atoms with Gasteiger partial charge >= 0.3 is 11.9 Å². The van der Waals surface area contributed by atoms with E-state index in [4.69, 9.17) is 25.9 Å². The Balaban J connectivity index is 1.84. The second-order valence-corrected chi connectivity index (χ2v) is 5.73. The number of carboxylic acid groups (broad SMARTS) is 1. The van der Waals surface area contributed by atoms with Gasteiger partial charge in [0, 0.05) is 18.4 Å². The molecule has 6 nitrogen and oxygen atoms in total. The summed E-state index contributed by atoms with van der Waals surface area (Å²) in [4.78, 5) is 17.9. The molecule has 2 aromatic heterocycles. The molecule has 0 radical (unpaired) electrons. The molecule has 9 heteroatoms. The van der Waals surface area contributed by atoms with Crippen molar-refractivity contribution in [3.63, 3.8) is 0 Å². The highest BCUT2D eigenvalue weighted by Gasteiger charge is 2.36. The zero-order chi connectivity index (χ0) is 18.0. The van der Waals surface area contributed by atoms with Crippen LogP contribution in [0.25, 0.3) is 22.1 Å². The first-order valence-electron chi connectivity index (χ1n) is 7.41. The average molecular weight is 371 g/mol. The van der Waals surface area contributed by atoms with Crippen LogP contribution in [0.1, 0.15) is 18.7 Å². The molecule has 0 fully saturated rings. The molecule has 0 amide bonds. The Morgan fingerprint density at radius 3 is 2.84 bits per heavy atom. The van der Waals surface area contributed by atoms with Gasteiger partial charge in [0.1, 0.15) is 17.7 Å². The number of carboxylic acids is 1. The standard InChI is InChI=1S/C16H13ClF2N2O4/c17-14-13-12(9-4-1-2-5-10(9)25-13)20-15(21-14)16(18,19)6-3-7-24-8-11(22)23/h1-2,4-5H,3,6-8H2,(H,22,23). The number of nitrogens with zero attached hydrogens (tertiary/aromatic N) is 2. The molecule has 1 aromatic carbocycles. The second-order valence-electron chi connectivity index (χ2n) is 5.37. The number of hydrogen-bond acceptors (Lipinski definition) is 5. The summed E-state index contributed by atoms with van der Waals surface area (Å²) in [5.74, 6) is -5.18. The normalized spacial score (nSPS) is 12.1. The number of rotatable bonds is 7. The van der Waals surface area contributed by atoms with Crippen LogP contribution in [0.2, 0.25) is 5.15 Å². The number of fused-ring (bicyclic) bond motifs is 3. The van der Waals surface area contributed by atoms with Gasteiger partial charge in [-0.3, -0.25) is 0 Å². The van der Waals surface area contributed by atoms with Crippen molar-refractivity contribution in [1.82, 2.24) is 9.97 Å². The molecule has 0 spiro atoms. The number of para-hydroxylation sites is 1. The minimum absolute atomic E-state index is 0.0502. The third-order valence-electron chi connectivity index (χ3n) is 3.51. The molecule has 0 aliphatic carbocycles. The van der Waals surface area contributed by atoms with E-state index in [9.17, 15) is 13.6 Å². The minimum Gasteiger partial charge on any atom is -0.480 e. The fraction of sp³-hybridized carbons (Fsp3) is 0.312. The maximum absolute atomic E-state index is 14.4. The molecule has 25 heavy (non-hydrogen) atoms. The second kappa shape index (κ2) is 6.89. The van der Waals surface area contributed by atoms with Crippen molar-refractivity contribution in [3.05, 3.63) is 35.2 Å². The lowest BCUT2D eigenvalue weighted by molar-refractivity contribution is -0.142. The number of alkyl halides is 2. The average Bonchev–Trinajstić information content (AvgIpc) is 2.94. The zero-order valence-electron chi connectivity index (χ0n) is 12.8. The monoisotopic (exact) mass is 370 g/mol. The Kier molecular flexibility index (Phi) is 4.82. The summed E-state index contributed by atoms with van der Waals surface area (Å²) in [6.07, 6.45) is -0.643. The lowest BCUT2D eigenvalue weighted by atomic mass is 10.1. The van der Waals surface area contributed by atoms with Gasteiger partial charge < -0.3 is 14.3 Å². The smallest absolute Gasteiger partial charge is 0.329 e. The van der Waals surface area contributed by atoms with Gasteiger partial charge in [-0.2, -0.15) is 8.78 Å². The van der Waals surface area contributed by atoms with E-state index in [1.165, 1.54) is 0 Å². The van der Waals surface area contributed by atoms with E-state index in [2.05, 4.69) is 9.97 Å². The molecule has 0 bridgehead atoms. The number of aromatic nitrogens is 2. The van der Waals surface area contributed by atoms with E-state index in [0.29, 0.717) is 11.0 Å². The molecular weight excluding hydrogens is 358 g/mol. The SMILES string of the molecule is O=C(O)COCCCC(F)(F)c1nc(Cl)c2oc3ccccc3c2n1. The van der Waals surface area contributed by atoms with Gasteiger partial charge in [0.2, 0.25) is 5.82 Å². The largest absolute Gasteiger partial charge is 0.480 e. The van der Waals surface area contributed by atoms with Gasteiger partial charge in [0.15, 0.2) is 10.7 Å². The molecule has 1 N–H and O–H groups in total. The summed E-state index contributed by atoms with van der Waals surface area (Å²) in [7, 11) is 0. The molecular formula is C16H13ClF2N2O4. The third-order valence-corrected chi connectivity index (χ3v) is 3.77. The highest BCUT2D eigenvalue weighted by atomic mass is 35.5. The van der Waals surface area contributed by atoms with Crippen LogP contribution in [0.15, 0.2) is 28.7 Å².